The Kier molecular flexibility index (Phi) is 6.68. The molecule has 11 aromatic rings. The molecule has 0 saturated carbocycles. The van der Waals surface area contributed by atoms with E-state index in [2.05, 4.69) is 211 Å². The maximum absolute atomic E-state index is 6.49. The van der Waals surface area contributed by atoms with Gasteiger partial charge in [0.05, 0.1) is 5.41 Å². The van der Waals surface area contributed by atoms with E-state index in [1.807, 2.05) is 6.07 Å². The largest absolute Gasteiger partial charge is 0.456 e. The average molecular weight is 750 g/mol. The summed E-state index contributed by atoms with van der Waals surface area (Å²) in [6, 6.07) is 78.4. The van der Waals surface area contributed by atoms with Crippen LogP contribution in [0, 0.1) is 0 Å². The number of fused-ring (bicyclic) bond motifs is 11. The summed E-state index contributed by atoms with van der Waals surface area (Å²) in [5.41, 5.74) is 17.1. The Balaban J connectivity index is 1.16. The quantitative estimate of drug-likeness (QED) is 0.178. The fourth-order valence-electron chi connectivity index (χ4n) is 10.6. The van der Waals surface area contributed by atoms with Crippen molar-refractivity contribution in [2.75, 3.05) is 4.90 Å². The molecule has 0 N–H and O–H groups in total. The fraction of sp³-hybridized carbons (Fsp3) is 0.0175. The normalized spacial score (nSPS) is 14.8. The van der Waals surface area contributed by atoms with Gasteiger partial charge in [-0.3, -0.25) is 0 Å². The Labute approximate surface area is 341 Å². The van der Waals surface area contributed by atoms with Crippen molar-refractivity contribution in [3.8, 4) is 33.4 Å². The summed E-state index contributed by atoms with van der Waals surface area (Å²) in [5.74, 6) is 0. The van der Waals surface area contributed by atoms with Crippen LogP contribution in [0.2, 0.25) is 0 Å². The van der Waals surface area contributed by atoms with Gasteiger partial charge in [-0.05, 0) is 126 Å². The number of hydrogen-bond donors (Lipinski definition) is 0. The Morgan fingerprint density at radius 1 is 0.322 bits per heavy atom. The van der Waals surface area contributed by atoms with Gasteiger partial charge in [-0.15, -0.1) is 0 Å². The molecule has 2 heteroatoms. The molecular weight excluding hydrogens is 715 g/mol. The molecule has 274 valence electrons. The average Bonchev–Trinajstić information content (AvgIpc) is 3.68. The van der Waals surface area contributed by atoms with Crippen molar-refractivity contribution >= 4 is 60.5 Å². The van der Waals surface area contributed by atoms with Gasteiger partial charge in [0.1, 0.15) is 11.2 Å². The number of furan rings is 1. The van der Waals surface area contributed by atoms with Crippen molar-refractivity contribution < 1.29 is 4.42 Å². The molecule has 0 fully saturated rings. The molecule has 2 aliphatic rings. The minimum absolute atomic E-state index is 0.641. The molecule has 2 aliphatic carbocycles. The Morgan fingerprint density at radius 2 is 0.881 bits per heavy atom. The number of nitrogens with zero attached hydrogens (tertiary/aromatic N) is 1. The van der Waals surface area contributed by atoms with Crippen molar-refractivity contribution in [3.63, 3.8) is 0 Å². The van der Waals surface area contributed by atoms with Crippen LogP contribution in [-0.4, -0.2) is 0 Å². The van der Waals surface area contributed by atoms with Crippen molar-refractivity contribution in [3.05, 3.63) is 235 Å². The first kappa shape index (κ1) is 32.4. The van der Waals surface area contributed by atoms with Crippen LogP contribution in [0.5, 0.6) is 0 Å². The summed E-state index contributed by atoms with van der Waals surface area (Å²) in [6.45, 7) is 0. The standard InChI is InChI=1S/C57H35NO/c1-3-13-36(14-4-1)39-27-30-43-47-22-9-15-37-17-11-24-49(55(37)47)57(51(43)33-39)50-25-12-18-38-16-10-23-48(56(38)50)44-31-28-41(34-52(44)57)58(40-19-5-2-6-20-40)42-29-32-46-45-21-7-8-26-53(45)59-54(46)35-42/h1-35H. The summed E-state index contributed by atoms with van der Waals surface area (Å²) >= 11 is 0. The van der Waals surface area contributed by atoms with E-state index in [-0.39, 0.29) is 0 Å². The lowest BCUT2D eigenvalue weighted by Gasteiger charge is -2.46. The van der Waals surface area contributed by atoms with E-state index in [1.165, 1.54) is 77.2 Å². The van der Waals surface area contributed by atoms with Gasteiger partial charge in [0.15, 0.2) is 0 Å². The smallest absolute Gasteiger partial charge is 0.137 e. The van der Waals surface area contributed by atoms with Gasteiger partial charge in [0, 0.05) is 33.9 Å². The monoisotopic (exact) mass is 749 g/mol. The number of rotatable bonds is 4. The second-order valence-electron chi connectivity index (χ2n) is 16.0. The van der Waals surface area contributed by atoms with Gasteiger partial charge in [-0.2, -0.15) is 0 Å². The molecule has 0 amide bonds. The zero-order valence-corrected chi connectivity index (χ0v) is 32.1. The number of para-hydroxylation sites is 2. The fourth-order valence-corrected chi connectivity index (χ4v) is 10.6. The van der Waals surface area contributed by atoms with E-state index in [1.54, 1.807) is 0 Å². The summed E-state index contributed by atoms with van der Waals surface area (Å²) in [6.07, 6.45) is 0. The zero-order chi connectivity index (χ0) is 38.7. The molecule has 1 spiro atoms. The molecule has 59 heavy (non-hydrogen) atoms. The van der Waals surface area contributed by atoms with Gasteiger partial charge in [0.2, 0.25) is 0 Å². The third kappa shape index (κ3) is 4.46. The van der Waals surface area contributed by atoms with E-state index in [0.29, 0.717) is 0 Å². The molecular formula is C57H35NO. The lowest BCUT2D eigenvalue weighted by molar-refractivity contribution is 0.669. The lowest BCUT2D eigenvalue weighted by atomic mass is 9.55. The molecule has 1 atom stereocenters. The number of hydrogen-bond acceptors (Lipinski definition) is 2. The molecule has 0 bridgehead atoms. The molecule has 0 radical (unpaired) electrons. The van der Waals surface area contributed by atoms with Crippen LogP contribution in [0.1, 0.15) is 22.3 Å². The number of anilines is 3. The van der Waals surface area contributed by atoms with Crippen LogP contribution >= 0.6 is 0 Å². The Morgan fingerprint density at radius 3 is 1.59 bits per heavy atom. The second-order valence-corrected chi connectivity index (χ2v) is 16.0. The maximum atomic E-state index is 6.49. The predicted molar refractivity (Wildman–Crippen MR) is 245 cm³/mol. The molecule has 1 unspecified atom stereocenters. The van der Waals surface area contributed by atoms with Crippen LogP contribution in [0.25, 0.3) is 76.9 Å². The van der Waals surface area contributed by atoms with Gasteiger partial charge in [0.25, 0.3) is 0 Å². The molecule has 2 nitrogen and oxygen atoms in total. The van der Waals surface area contributed by atoms with Crippen LogP contribution in [-0.2, 0) is 5.41 Å². The van der Waals surface area contributed by atoms with E-state index < -0.39 is 5.41 Å². The first-order valence-corrected chi connectivity index (χ1v) is 20.4. The molecule has 1 heterocycles. The second kappa shape index (κ2) is 12.2. The van der Waals surface area contributed by atoms with Gasteiger partial charge in [-0.25, -0.2) is 0 Å². The summed E-state index contributed by atoms with van der Waals surface area (Å²) in [7, 11) is 0. The molecule has 0 saturated heterocycles. The van der Waals surface area contributed by atoms with Crippen molar-refractivity contribution in [1.29, 1.82) is 0 Å². The Bertz CT molecular complexity index is 3480. The molecule has 1 aromatic heterocycles. The third-order valence-electron chi connectivity index (χ3n) is 13.0. The van der Waals surface area contributed by atoms with E-state index >= 15 is 0 Å². The SMILES string of the molecule is c1ccc(-c2ccc3c(c2)C2(c4cc(N(c5ccccc5)c5ccc6c(c5)oc5ccccc56)ccc4-c4cccc5cccc2c45)c2cccc4cccc-3c24)cc1. The first-order chi connectivity index (χ1) is 29.3. The van der Waals surface area contributed by atoms with Crippen LogP contribution in [0.4, 0.5) is 17.1 Å². The van der Waals surface area contributed by atoms with Gasteiger partial charge < -0.3 is 9.32 Å². The van der Waals surface area contributed by atoms with Gasteiger partial charge >= 0.3 is 0 Å². The molecule has 13 rings (SSSR count). The predicted octanol–water partition coefficient (Wildman–Crippen LogP) is 15.4. The highest BCUT2D eigenvalue weighted by molar-refractivity contribution is 6.12. The van der Waals surface area contributed by atoms with Crippen LogP contribution < -0.4 is 4.90 Å². The van der Waals surface area contributed by atoms with Crippen LogP contribution in [0.3, 0.4) is 0 Å². The highest BCUT2D eigenvalue weighted by Crippen LogP contribution is 2.62. The topological polar surface area (TPSA) is 16.4 Å². The third-order valence-corrected chi connectivity index (χ3v) is 13.0. The van der Waals surface area contributed by atoms with E-state index in [0.717, 1.165) is 39.0 Å². The summed E-state index contributed by atoms with van der Waals surface area (Å²) < 4.78 is 6.49. The van der Waals surface area contributed by atoms with Crippen molar-refractivity contribution in [2.45, 2.75) is 5.41 Å². The van der Waals surface area contributed by atoms with Gasteiger partial charge in [-0.1, -0.05) is 158 Å². The zero-order valence-electron chi connectivity index (χ0n) is 32.1. The lowest BCUT2D eigenvalue weighted by Crippen LogP contribution is -2.36. The van der Waals surface area contributed by atoms with E-state index in [4.69, 9.17) is 4.42 Å². The van der Waals surface area contributed by atoms with Crippen molar-refractivity contribution in [2.24, 2.45) is 0 Å². The molecule has 0 aliphatic heterocycles. The Hall–Kier alpha value is -7.68. The van der Waals surface area contributed by atoms with Crippen molar-refractivity contribution in [1.82, 2.24) is 0 Å². The number of benzene rings is 10. The van der Waals surface area contributed by atoms with Crippen LogP contribution in [0.15, 0.2) is 217 Å². The first-order valence-electron chi connectivity index (χ1n) is 20.4. The highest BCUT2D eigenvalue weighted by Gasteiger charge is 2.49. The van der Waals surface area contributed by atoms with E-state index in [9.17, 15) is 0 Å². The summed E-state index contributed by atoms with van der Waals surface area (Å²) in [4.78, 5) is 2.39. The summed E-state index contributed by atoms with van der Waals surface area (Å²) in [5, 5.41) is 7.39. The highest BCUT2D eigenvalue weighted by atomic mass is 16.3. The minimum atomic E-state index is -0.641. The maximum Gasteiger partial charge on any atom is 0.137 e. The minimum Gasteiger partial charge on any atom is -0.456 e. The molecule has 10 aromatic carbocycles.